The molecular weight excluding hydrogens is 387 g/mol. The Kier molecular flexibility index (Phi) is 8.01. The summed E-state index contributed by atoms with van der Waals surface area (Å²) in [7, 11) is 0. The third-order valence-corrected chi connectivity index (χ3v) is 4.53. The van der Waals surface area contributed by atoms with Crippen LogP contribution < -0.4 is 0 Å². The molecule has 0 aliphatic heterocycles. The molecule has 1 atom stereocenters. The Morgan fingerprint density at radius 3 is 1.93 bits per heavy atom. The molecule has 0 saturated carbocycles. The van der Waals surface area contributed by atoms with Gasteiger partial charge in [-0.15, -0.1) is 0 Å². The Morgan fingerprint density at radius 1 is 0.889 bits per heavy atom. The standard InChI is InChI=1S/C21H20Cl2O4/c1-2-3-12-27-21(26)18(20(25)15-6-10-17(23)11-7-15)13-19(24)14-4-8-16(22)9-5-14/h4-11,18H,2-3,12-13H2,1H3. The molecule has 0 N–H and O–H groups in total. The Balaban J connectivity index is 2.21. The van der Waals surface area contributed by atoms with Crippen molar-refractivity contribution in [3.05, 3.63) is 69.7 Å². The van der Waals surface area contributed by atoms with Gasteiger partial charge in [0.15, 0.2) is 11.6 Å². The van der Waals surface area contributed by atoms with E-state index in [4.69, 9.17) is 27.9 Å². The Bertz CT molecular complexity index is 798. The molecule has 0 saturated heterocycles. The molecule has 0 aliphatic carbocycles. The molecule has 2 aromatic carbocycles. The second-order valence-electron chi connectivity index (χ2n) is 6.08. The van der Waals surface area contributed by atoms with Gasteiger partial charge in [0.2, 0.25) is 0 Å². The molecule has 2 rings (SSSR count). The molecule has 0 heterocycles. The molecule has 27 heavy (non-hydrogen) atoms. The van der Waals surface area contributed by atoms with Crippen molar-refractivity contribution in [1.29, 1.82) is 0 Å². The second-order valence-corrected chi connectivity index (χ2v) is 6.95. The molecule has 0 fully saturated rings. The summed E-state index contributed by atoms with van der Waals surface area (Å²) in [6, 6.07) is 12.5. The number of benzene rings is 2. The zero-order valence-electron chi connectivity index (χ0n) is 14.9. The number of carbonyl (C=O) groups is 3. The van der Waals surface area contributed by atoms with Crippen molar-refractivity contribution >= 4 is 40.7 Å². The zero-order chi connectivity index (χ0) is 19.8. The van der Waals surface area contributed by atoms with Crippen molar-refractivity contribution in [1.82, 2.24) is 0 Å². The molecule has 4 nitrogen and oxygen atoms in total. The van der Waals surface area contributed by atoms with Gasteiger partial charge < -0.3 is 4.74 Å². The maximum absolute atomic E-state index is 12.8. The second kappa shape index (κ2) is 10.2. The molecule has 0 radical (unpaired) electrons. The number of unbranched alkanes of at least 4 members (excludes halogenated alkanes) is 1. The normalized spacial score (nSPS) is 11.7. The number of ether oxygens (including phenoxy) is 1. The van der Waals surface area contributed by atoms with Crippen molar-refractivity contribution in [2.24, 2.45) is 5.92 Å². The number of Topliss-reactive ketones (excluding diaryl/α,β-unsaturated/α-hetero) is 2. The molecule has 0 aromatic heterocycles. The van der Waals surface area contributed by atoms with Crippen LogP contribution in [0.5, 0.6) is 0 Å². The van der Waals surface area contributed by atoms with Gasteiger partial charge in [-0.2, -0.15) is 0 Å². The Morgan fingerprint density at radius 2 is 1.41 bits per heavy atom. The highest BCUT2D eigenvalue weighted by atomic mass is 35.5. The number of hydrogen-bond donors (Lipinski definition) is 0. The molecule has 0 spiro atoms. The number of esters is 1. The largest absolute Gasteiger partial charge is 0.465 e. The van der Waals surface area contributed by atoms with Gasteiger partial charge in [-0.05, 0) is 55.0 Å². The smallest absolute Gasteiger partial charge is 0.317 e. The van der Waals surface area contributed by atoms with Crippen molar-refractivity contribution in [3.8, 4) is 0 Å². The number of rotatable bonds is 9. The fourth-order valence-corrected chi connectivity index (χ4v) is 2.71. The van der Waals surface area contributed by atoms with Gasteiger partial charge in [0.1, 0.15) is 5.92 Å². The maximum Gasteiger partial charge on any atom is 0.317 e. The molecule has 142 valence electrons. The van der Waals surface area contributed by atoms with E-state index in [0.717, 1.165) is 6.42 Å². The van der Waals surface area contributed by atoms with Crippen LogP contribution in [0.4, 0.5) is 0 Å². The third kappa shape index (κ3) is 6.19. The predicted molar refractivity (Wildman–Crippen MR) is 106 cm³/mol. The first-order chi connectivity index (χ1) is 12.9. The van der Waals surface area contributed by atoms with Gasteiger partial charge in [0.25, 0.3) is 0 Å². The van der Waals surface area contributed by atoms with Crippen molar-refractivity contribution in [2.45, 2.75) is 26.2 Å². The number of hydrogen-bond acceptors (Lipinski definition) is 4. The van der Waals surface area contributed by atoms with E-state index >= 15 is 0 Å². The average molecular weight is 407 g/mol. The first-order valence-corrected chi connectivity index (χ1v) is 9.43. The lowest BCUT2D eigenvalue weighted by atomic mass is 9.91. The highest BCUT2D eigenvalue weighted by Crippen LogP contribution is 2.20. The van der Waals surface area contributed by atoms with Crippen LogP contribution in [-0.4, -0.2) is 24.1 Å². The minimum atomic E-state index is -1.20. The zero-order valence-corrected chi connectivity index (χ0v) is 16.4. The number of carbonyl (C=O) groups excluding carboxylic acids is 3. The molecule has 0 aliphatic rings. The minimum Gasteiger partial charge on any atom is -0.465 e. The van der Waals surface area contributed by atoms with Crippen molar-refractivity contribution in [2.75, 3.05) is 6.61 Å². The predicted octanol–water partition coefficient (Wildman–Crippen LogP) is 5.41. The Hall–Kier alpha value is -2.17. The van der Waals surface area contributed by atoms with Crippen LogP contribution in [0.15, 0.2) is 48.5 Å². The summed E-state index contributed by atoms with van der Waals surface area (Å²) in [5, 5.41) is 0.977. The molecule has 0 bridgehead atoms. The summed E-state index contributed by atoms with van der Waals surface area (Å²) in [6.07, 6.45) is 1.28. The van der Waals surface area contributed by atoms with Gasteiger partial charge in [0.05, 0.1) is 6.61 Å². The topological polar surface area (TPSA) is 60.4 Å². The van der Waals surface area contributed by atoms with Crippen molar-refractivity contribution in [3.63, 3.8) is 0 Å². The SMILES string of the molecule is CCCCOC(=O)C(CC(=O)c1ccc(Cl)cc1)C(=O)c1ccc(Cl)cc1. The van der Waals surface area contributed by atoms with Crippen LogP contribution in [0.3, 0.4) is 0 Å². The van der Waals surface area contributed by atoms with Gasteiger partial charge in [-0.25, -0.2) is 0 Å². The highest BCUT2D eigenvalue weighted by Gasteiger charge is 2.31. The van der Waals surface area contributed by atoms with Crippen LogP contribution in [0.2, 0.25) is 10.0 Å². The molecular formula is C21H20Cl2O4. The summed E-state index contributed by atoms with van der Waals surface area (Å²) >= 11 is 11.7. The van der Waals surface area contributed by atoms with Crippen LogP contribution in [0.25, 0.3) is 0 Å². The van der Waals surface area contributed by atoms with Gasteiger partial charge in [-0.1, -0.05) is 36.5 Å². The summed E-state index contributed by atoms with van der Waals surface area (Å²) in [5.74, 6) is -2.68. The van der Waals surface area contributed by atoms with E-state index < -0.39 is 17.7 Å². The Labute approximate surface area is 168 Å². The lowest BCUT2D eigenvalue weighted by Gasteiger charge is -2.15. The number of halogens is 2. The maximum atomic E-state index is 12.8. The fourth-order valence-electron chi connectivity index (χ4n) is 2.46. The van der Waals surface area contributed by atoms with Crippen LogP contribution >= 0.6 is 23.2 Å². The monoisotopic (exact) mass is 406 g/mol. The van der Waals surface area contributed by atoms with E-state index in [1.54, 1.807) is 36.4 Å². The number of ketones is 2. The first kappa shape index (κ1) is 21.1. The van der Waals surface area contributed by atoms with Crippen LogP contribution in [0.1, 0.15) is 46.9 Å². The first-order valence-electron chi connectivity index (χ1n) is 8.67. The van der Waals surface area contributed by atoms with Gasteiger partial charge >= 0.3 is 5.97 Å². The molecule has 0 amide bonds. The van der Waals surface area contributed by atoms with Gasteiger partial charge in [-0.3, -0.25) is 14.4 Å². The van der Waals surface area contributed by atoms with E-state index in [2.05, 4.69) is 0 Å². The van der Waals surface area contributed by atoms with E-state index in [9.17, 15) is 14.4 Å². The molecule has 1 unspecified atom stereocenters. The molecule has 2 aromatic rings. The summed E-state index contributed by atoms with van der Waals surface area (Å²) in [5.41, 5.74) is 0.690. The van der Waals surface area contributed by atoms with Gasteiger partial charge in [0, 0.05) is 27.6 Å². The van der Waals surface area contributed by atoms with E-state index in [0.29, 0.717) is 27.6 Å². The van der Waals surface area contributed by atoms with E-state index in [1.165, 1.54) is 12.1 Å². The van der Waals surface area contributed by atoms with Crippen LogP contribution in [0, 0.1) is 5.92 Å². The van der Waals surface area contributed by atoms with Crippen LogP contribution in [-0.2, 0) is 9.53 Å². The lowest BCUT2D eigenvalue weighted by Crippen LogP contribution is -2.29. The quantitative estimate of drug-likeness (QED) is 0.241. The van der Waals surface area contributed by atoms with Crippen molar-refractivity contribution < 1.29 is 19.1 Å². The fraction of sp³-hybridized carbons (Fsp3) is 0.286. The summed E-state index contributed by atoms with van der Waals surface area (Å²) in [4.78, 5) is 37.9. The summed E-state index contributed by atoms with van der Waals surface area (Å²) in [6.45, 7) is 2.18. The van der Waals surface area contributed by atoms with E-state index in [-0.39, 0.29) is 18.8 Å². The van der Waals surface area contributed by atoms with E-state index in [1.807, 2.05) is 6.92 Å². The molecule has 6 heteroatoms. The minimum absolute atomic E-state index is 0.217. The lowest BCUT2D eigenvalue weighted by molar-refractivity contribution is -0.146. The summed E-state index contributed by atoms with van der Waals surface area (Å²) < 4.78 is 5.21. The average Bonchev–Trinajstić information content (AvgIpc) is 2.66. The highest BCUT2D eigenvalue weighted by molar-refractivity contribution is 6.31. The third-order valence-electron chi connectivity index (χ3n) is 4.03.